The molecule has 0 N–H and O–H groups in total. The third-order valence-electron chi connectivity index (χ3n) is 4.92. The molecule has 0 bridgehead atoms. The Kier molecular flexibility index (Phi) is 7.45. The highest BCUT2D eigenvalue weighted by Gasteiger charge is 2.28. The van der Waals surface area contributed by atoms with Crippen LogP contribution in [0, 0.1) is 6.92 Å². The van der Waals surface area contributed by atoms with Crippen molar-refractivity contribution in [1.29, 1.82) is 0 Å². The SMILES string of the molecule is Cc1ccc(CN(Cc2ccccc2)C(=O)CN(CC2CCCO2)S(C)(=O)=O)s1. The zero-order valence-corrected chi connectivity index (χ0v) is 18.5. The maximum absolute atomic E-state index is 13.2. The van der Waals surface area contributed by atoms with Gasteiger partial charge in [-0.2, -0.15) is 4.31 Å². The molecule has 1 aromatic heterocycles. The van der Waals surface area contributed by atoms with Gasteiger partial charge in [0.15, 0.2) is 0 Å². The van der Waals surface area contributed by atoms with Crippen LogP contribution in [-0.4, -0.2) is 55.6 Å². The minimum absolute atomic E-state index is 0.139. The average Bonchev–Trinajstić information content (AvgIpc) is 3.32. The van der Waals surface area contributed by atoms with Crippen molar-refractivity contribution in [2.45, 2.75) is 39.0 Å². The lowest BCUT2D eigenvalue weighted by molar-refractivity contribution is -0.132. The number of hydrogen-bond acceptors (Lipinski definition) is 5. The van der Waals surface area contributed by atoms with Crippen LogP contribution in [-0.2, 0) is 32.6 Å². The Morgan fingerprint density at radius 1 is 1.17 bits per heavy atom. The number of benzene rings is 1. The van der Waals surface area contributed by atoms with E-state index in [1.54, 1.807) is 16.2 Å². The highest BCUT2D eigenvalue weighted by Crippen LogP contribution is 2.20. The summed E-state index contributed by atoms with van der Waals surface area (Å²) >= 11 is 1.65. The minimum atomic E-state index is -3.51. The molecule has 0 saturated carbocycles. The number of nitrogens with zero attached hydrogens (tertiary/aromatic N) is 2. The third kappa shape index (κ3) is 6.64. The van der Waals surface area contributed by atoms with Crippen LogP contribution >= 0.6 is 11.3 Å². The fourth-order valence-corrected chi connectivity index (χ4v) is 5.07. The van der Waals surface area contributed by atoms with Gasteiger partial charge in [-0.15, -0.1) is 11.3 Å². The molecule has 1 amide bonds. The van der Waals surface area contributed by atoms with E-state index in [1.165, 1.54) is 9.18 Å². The minimum Gasteiger partial charge on any atom is -0.377 e. The van der Waals surface area contributed by atoms with Gasteiger partial charge in [0.25, 0.3) is 0 Å². The summed E-state index contributed by atoms with van der Waals surface area (Å²) in [5, 5.41) is 0. The number of carbonyl (C=O) groups excluding carboxylic acids is 1. The van der Waals surface area contributed by atoms with E-state index in [2.05, 4.69) is 0 Å². The Bertz CT molecular complexity index is 906. The van der Waals surface area contributed by atoms with Crippen LogP contribution in [0.1, 0.15) is 28.2 Å². The number of hydrogen-bond donors (Lipinski definition) is 0. The summed E-state index contributed by atoms with van der Waals surface area (Å²) in [7, 11) is -3.51. The molecule has 1 unspecified atom stereocenters. The summed E-state index contributed by atoms with van der Waals surface area (Å²) in [6, 6.07) is 13.8. The normalized spacial score (nSPS) is 17.0. The number of ether oxygens (including phenoxy) is 1. The maximum Gasteiger partial charge on any atom is 0.238 e. The Balaban J connectivity index is 1.75. The highest BCUT2D eigenvalue weighted by atomic mass is 32.2. The first kappa shape index (κ1) is 22.0. The zero-order valence-electron chi connectivity index (χ0n) is 16.9. The van der Waals surface area contributed by atoms with Crippen LogP contribution in [0.2, 0.25) is 0 Å². The fourth-order valence-electron chi connectivity index (χ4n) is 3.38. The third-order valence-corrected chi connectivity index (χ3v) is 7.13. The first-order valence-electron chi connectivity index (χ1n) is 9.75. The lowest BCUT2D eigenvalue weighted by Gasteiger charge is -2.27. The molecule has 1 aromatic carbocycles. The van der Waals surface area contributed by atoms with Crippen LogP contribution in [0.3, 0.4) is 0 Å². The van der Waals surface area contributed by atoms with Crippen LogP contribution in [0.15, 0.2) is 42.5 Å². The molecular weight excluding hydrogens is 408 g/mol. The number of aryl methyl sites for hydroxylation is 1. The quantitative estimate of drug-likeness (QED) is 0.606. The van der Waals surface area contributed by atoms with E-state index in [0.717, 1.165) is 29.5 Å². The van der Waals surface area contributed by atoms with Crippen molar-refractivity contribution >= 4 is 27.3 Å². The summed E-state index contributed by atoms with van der Waals surface area (Å²) in [5.74, 6) is -0.205. The smallest absolute Gasteiger partial charge is 0.238 e. The predicted molar refractivity (Wildman–Crippen MR) is 115 cm³/mol. The van der Waals surface area contributed by atoms with E-state index in [0.29, 0.717) is 19.7 Å². The summed E-state index contributed by atoms with van der Waals surface area (Å²) in [5.41, 5.74) is 1.01. The summed E-state index contributed by atoms with van der Waals surface area (Å²) in [4.78, 5) is 17.2. The van der Waals surface area contributed by atoms with E-state index in [4.69, 9.17) is 4.74 Å². The number of rotatable bonds is 9. The Labute approximate surface area is 177 Å². The van der Waals surface area contributed by atoms with Crippen molar-refractivity contribution in [2.24, 2.45) is 0 Å². The Morgan fingerprint density at radius 2 is 1.93 bits per heavy atom. The van der Waals surface area contributed by atoms with Gasteiger partial charge in [0.2, 0.25) is 15.9 Å². The monoisotopic (exact) mass is 436 g/mol. The van der Waals surface area contributed by atoms with Crippen LogP contribution in [0.25, 0.3) is 0 Å². The molecular formula is C21H28N2O4S2. The number of amides is 1. The van der Waals surface area contributed by atoms with Crippen LogP contribution in [0.5, 0.6) is 0 Å². The molecule has 1 saturated heterocycles. The Hall–Kier alpha value is -1.74. The zero-order chi connectivity index (χ0) is 20.9. The van der Waals surface area contributed by atoms with Crippen LogP contribution < -0.4 is 0 Å². The van der Waals surface area contributed by atoms with Gasteiger partial charge in [0, 0.05) is 29.5 Å². The van der Waals surface area contributed by atoms with Gasteiger partial charge in [-0.3, -0.25) is 4.79 Å². The maximum atomic E-state index is 13.2. The van der Waals surface area contributed by atoms with Gasteiger partial charge in [-0.25, -0.2) is 8.42 Å². The molecule has 8 heteroatoms. The topological polar surface area (TPSA) is 66.9 Å². The summed E-state index contributed by atoms with van der Waals surface area (Å²) < 4.78 is 31.4. The van der Waals surface area contributed by atoms with Crippen molar-refractivity contribution in [3.8, 4) is 0 Å². The van der Waals surface area contributed by atoms with Crippen molar-refractivity contribution in [3.05, 3.63) is 57.8 Å². The van der Waals surface area contributed by atoms with E-state index in [9.17, 15) is 13.2 Å². The first-order chi connectivity index (χ1) is 13.8. The average molecular weight is 437 g/mol. The number of thiophene rings is 1. The van der Waals surface area contributed by atoms with E-state index >= 15 is 0 Å². The number of sulfonamides is 1. The summed E-state index contributed by atoms with van der Waals surface area (Å²) in [6.07, 6.45) is 2.76. The molecule has 3 rings (SSSR count). The van der Waals surface area contributed by atoms with Gasteiger partial charge >= 0.3 is 0 Å². The molecule has 6 nitrogen and oxygen atoms in total. The molecule has 0 spiro atoms. The molecule has 1 aliphatic heterocycles. The second-order valence-electron chi connectivity index (χ2n) is 7.44. The van der Waals surface area contributed by atoms with Crippen molar-refractivity contribution in [3.63, 3.8) is 0 Å². The van der Waals surface area contributed by atoms with E-state index in [-0.39, 0.29) is 25.1 Å². The molecule has 0 aliphatic carbocycles. The molecule has 1 aliphatic rings. The number of carbonyl (C=O) groups is 1. The van der Waals surface area contributed by atoms with Crippen LogP contribution in [0.4, 0.5) is 0 Å². The Morgan fingerprint density at radius 3 is 2.52 bits per heavy atom. The van der Waals surface area contributed by atoms with Crippen molar-refractivity contribution in [1.82, 2.24) is 9.21 Å². The predicted octanol–water partition coefficient (Wildman–Crippen LogP) is 3.03. The lowest BCUT2D eigenvalue weighted by Crippen LogP contribution is -2.44. The largest absolute Gasteiger partial charge is 0.377 e. The fraction of sp³-hybridized carbons (Fsp3) is 0.476. The second kappa shape index (κ2) is 9.84. The second-order valence-corrected chi connectivity index (χ2v) is 10.8. The first-order valence-corrected chi connectivity index (χ1v) is 12.4. The van der Waals surface area contributed by atoms with Gasteiger partial charge in [-0.05, 0) is 37.5 Å². The van der Waals surface area contributed by atoms with Gasteiger partial charge < -0.3 is 9.64 Å². The molecule has 29 heavy (non-hydrogen) atoms. The van der Waals surface area contributed by atoms with Gasteiger partial charge in [0.1, 0.15) is 0 Å². The molecule has 158 valence electrons. The highest BCUT2D eigenvalue weighted by molar-refractivity contribution is 7.88. The molecule has 1 atom stereocenters. The van der Waals surface area contributed by atoms with Crippen molar-refractivity contribution < 1.29 is 17.9 Å². The summed E-state index contributed by atoms with van der Waals surface area (Å²) in [6.45, 7) is 3.63. The van der Waals surface area contributed by atoms with Crippen molar-refractivity contribution in [2.75, 3.05) is 26.0 Å². The molecule has 1 fully saturated rings. The lowest BCUT2D eigenvalue weighted by atomic mass is 10.2. The molecule has 0 radical (unpaired) electrons. The standard InChI is InChI=1S/C21H28N2O4S2/c1-17-10-11-20(28-17)15-22(13-18-7-4-3-5-8-18)21(24)16-23(29(2,25)26)14-19-9-6-12-27-19/h3-5,7-8,10-11,19H,6,9,12-16H2,1-2H3. The van der Waals surface area contributed by atoms with E-state index < -0.39 is 10.0 Å². The van der Waals surface area contributed by atoms with E-state index in [1.807, 2.05) is 49.4 Å². The van der Waals surface area contributed by atoms with Gasteiger partial charge in [-0.1, -0.05) is 30.3 Å². The molecule has 2 aromatic rings. The van der Waals surface area contributed by atoms with Gasteiger partial charge in [0.05, 0.1) is 25.4 Å². The molecule has 2 heterocycles.